The molecule has 7 rings (SSSR count). The molecular weight excluding hydrogens is 665 g/mol. The summed E-state index contributed by atoms with van der Waals surface area (Å²) >= 11 is 0. The maximum atomic E-state index is 6.77. The molecule has 0 bridgehead atoms. The number of rotatable bonds is 16. The van der Waals surface area contributed by atoms with Gasteiger partial charge in [0.15, 0.2) is 0 Å². The Morgan fingerprint density at radius 2 is 1.06 bits per heavy atom. The summed E-state index contributed by atoms with van der Waals surface area (Å²) in [6, 6.07) is 50.0. The molecule has 0 unspecified atom stereocenters. The summed E-state index contributed by atoms with van der Waals surface area (Å²) in [5, 5.41) is 0. The second kappa shape index (κ2) is 18.5. The molecule has 0 fully saturated rings. The zero-order valence-corrected chi connectivity index (χ0v) is 30.8. The Bertz CT molecular complexity index is 2140. The highest BCUT2D eigenvalue weighted by Crippen LogP contribution is 2.31. The number of aryl methyl sites for hydroxylation is 3. The van der Waals surface area contributed by atoms with Crippen molar-refractivity contribution in [2.45, 2.75) is 52.4 Å². The molecule has 0 saturated heterocycles. The van der Waals surface area contributed by atoms with Crippen molar-refractivity contribution in [3.8, 4) is 23.0 Å². The molecule has 270 valence electrons. The van der Waals surface area contributed by atoms with Gasteiger partial charge in [-0.1, -0.05) is 121 Å². The Morgan fingerprint density at radius 3 is 1.76 bits per heavy atom. The number of hydrogen-bond acceptors (Lipinski definition) is 4. The molecule has 1 aliphatic carbocycles. The van der Waals surface area contributed by atoms with Gasteiger partial charge >= 0.3 is 0 Å². The largest absolute Gasteiger partial charge is 0.489 e. The van der Waals surface area contributed by atoms with Crippen LogP contribution in [0.25, 0.3) is 0 Å². The van der Waals surface area contributed by atoms with Crippen molar-refractivity contribution in [2.24, 2.45) is 0 Å². The molecule has 0 atom stereocenters. The van der Waals surface area contributed by atoms with Crippen LogP contribution < -0.4 is 14.2 Å². The van der Waals surface area contributed by atoms with E-state index >= 15 is 0 Å². The Balaban J connectivity index is 1.14. The Morgan fingerprint density at radius 1 is 0.481 bits per heavy atom. The third-order valence-electron chi connectivity index (χ3n) is 9.19. The van der Waals surface area contributed by atoms with E-state index in [0.717, 1.165) is 76.7 Å². The molecular formula is C50H46O4. The van der Waals surface area contributed by atoms with Crippen molar-refractivity contribution < 1.29 is 18.9 Å². The molecule has 4 nitrogen and oxygen atoms in total. The Labute approximate surface area is 319 Å². The van der Waals surface area contributed by atoms with E-state index in [2.05, 4.69) is 110 Å². The topological polar surface area (TPSA) is 36.9 Å². The predicted molar refractivity (Wildman–Crippen MR) is 218 cm³/mol. The number of benzene rings is 6. The third-order valence-corrected chi connectivity index (χ3v) is 9.19. The molecule has 0 saturated carbocycles. The summed E-state index contributed by atoms with van der Waals surface area (Å²) in [5.74, 6) is 4.11. The highest BCUT2D eigenvalue weighted by Gasteiger charge is 2.13. The first-order valence-corrected chi connectivity index (χ1v) is 18.7. The lowest BCUT2D eigenvalue weighted by Crippen LogP contribution is -2.02. The summed E-state index contributed by atoms with van der Waals surface area (Å²) in [6.45, 7) is 3.45. The van der Waals surface area contributed by atoms with Gasteiger partial charge < -0.3 is 18.9 Å². The first-order valence-electron chi connectivity index (χ1n) is 18.7. The standard InChI is InChI=1S/C50H46O4/c1-38-23-26-50(54-49-33-43(36-52-47-19-11-5-12-20-47)31-44(34-49)37-53-48-21-13-6-14-22-48)45(27-38)32-41-28-40(25-24-39-15-7-4-8-16-39)29-42(30-41)35-51-46-17-9-2-3-10-18-46/h2-9,11-23,26-31,33-34H,10,24-25,32,35-37H2,1H3. The SMILES string of the molecule is Cc1ccc(Oc2cc(COc3ccccc3)cc(COc3ccccc3)c2)c(Cc2cc(CCc3ccccc3)cc(COC3=CCC=CC=C3)c2)c1. The van der Waals surface area contributed by atoms with Gasteiger partial charge in [0.1, 0.15) is 48.6 Å². The number of ether oxygens (including phenoxy) is 4. The average molecular weight is 711 g/mol. The molecule has 54 heavy (non-hydrogen) atoms. The van der Waals surface area contributed by atoms with Crippen LogP contribution in [0.4, 0.5) is 0 Å². The van der Waals surface area contributed by atoms with Gasteiger partial charge in [0.25, 0.3) is 0 Å². The van der Waals surface area contributed by atoms with Crippen LogP contribution in [0.1, 0.15) is 50.9 Å². The monoisotopic (exact) mass is 710 g/mol. The lowest BCUT2D eigenvalue weighted by Gasteiger charge is -2.17. The molecule has 0 spiro atoms. The lowest BCUT2D eigenvalue weighted by atomic mass is 9.96. The second-order valence-electron chi connectivity index (χ2n) is 13.6. The first-order chi connectivity index (χ1) is 26.6. The molecule has 4 heteroatoms. The maximum absolute atomic E-state index is 6.77. The van der Waals surface area contributed by atoms with Crippen LogP contribution in [0.5, 0.6) is 23.0 Å². The molecule has 0 amide bonds. The normalized spacial score (nSPS) is 12.1. The van der Waals surface area contributed by atoms with Gasteiger partial charge in [0, 0.05) is 6.42 Å². The average Bonchev–Trinajstić information content (AvgIpc) is 3.49. The van der Waals surface area contributed by atoms with Crippen LogP contribution in [0, 0.1) is 6.92 Å². The van der Waals surface area contributed by atoms with Gasteiger partial charge in [0.05, 0.1) is 0 Å². The minimum atomic E-state index is 0.407. The molecule has 0 aliphatic heterocycles. The van der Waals surface area contributed by atoms with Crippen molar-refractivity contribution in [1.29, 1.82) is 0 Å². The number of para-hydroxylation sites is 2. The second-order valence-corrected chi connectivity index (χ2v) is 13.6. The van der Waals surface area contributed by atoms with Crippen molar-refractivity contribution in [3.63, 3.8) is 0 Å². The van der Waals surface area contributed by atoms with Crippen molar-refractivity contribution in [3.05, 3.63) is 226 Å². The molecule has 0 radical (unpaired) electrons. The van der Waals surface area contributed by atoms with Crippen molar-refractivity contribution >= 4 is 0 Å². The minimum absolute atomic E-state index is 0.407. The van der Waals surface area contributed by atoms with Crippen molar-refractivity contribution in [2.75, 3.05) is 0 Å². The van der Waals surface area contributed by atoms with Gasteiger partial charge in [-0.2, -0.15) is 0 Å². The van der Waals surface area contributed by atoms with E-state index in [4.69, 9.17) is 18.9 Å². The third kappa shape index (κ3) is 10.9. The molecule has 0 heterocycles. The summed E-state index contributed by atoms with van der Waals surface area (Å²) in [4.78, 5) is 0. The van der Waals surface area contributed by atoms with E-state index in [9.17, 15) is 0 Å². The fraction of sp³-hybridized carbons (Fsp3) is 0.160. The van der Waals surface area contributed by atoms with Crippen molar-refractivity contribution in [1.82, 2.24) is 0 Å². The zero-order chi connectivity index (χ0) is 36.8. The van der Waals surface area contributed by atoms with E-state index in [1.54, 1.807) is 0 Å². The van der Waals surface area contributed by atoms with Gasteiger partial charge in [-0.15, -0.1) is 0 Å². The van der Waals surface area contributed by atoms with Crippen LogP contribution >= 0.6 is 0 Å². The van der Waals surface area contributed by atoms with Gasteiger partial charge in [-0.25, -0.2) is 0 Å². The van der Waals surface area contributed by atoms with Gasteiger partial charge in [-0.05, 0) is 126 Å². The molecule has 6 aromatic rings. The van der Waals surface area contributed by atoms with E-state index in [-0.39, 0.29) is 0 Å². The van der Waals surface area contributed by atoms with Crippen LogP contribution in [0.15, 0.2) is 182 Å². The fourth-order valence-electron chi connectivity index (χ4n) is 6.55. The molecule has 0 aromatic heterocycles. The van der Waals surface area contributed by atoms with Gasteiger partial charge in [-0.3, -0.25) is 0 Å². The Hall–Kier alpha value is -6.26. The lowest BCUT2D eigenvalue weighted by molar-refractivity contribution is 0.210. The van der Waals surface area contributed by atoms with E-state index < -0.39 is 0 Å². The predicted octanol–water partition coefficient (Wildman–Crippen LogP) is 12.2. The van der Waals surface area contributed by atoms with Crippen LogP contribution in [0.2, 0.25) is 0 Å². The van der Waals surface area contributed by atoms with Crippen LogP contribution in [-0.2, 0) is 43.8 Å². The molecule has 1 aliphatic rings. The smallest absolute Gasteiger partial charge is 0.130 e. The quantitative estimate of drug-likeness (QED) is 0.100. The van der Waals surface area contributed by atoms with Gasteiger partial charge in [0.2, 0.25) is 0 Å². The Kier molecular flexibility index (Phi) is 12.4. The first kappa shape index (κ1) is 36.1. The highest BCUT2D eigenvalue weighted by atomic mass is 16.5. The van der Waals surface area contributed by atoms with Crippen LogP contribution in [-0.4, -0.2) is 0 Å². The zero-order valence-electron chi connectivity index (χ0n) is 30.8. The summed E-state index contributed by atoms with van der Waals surface area (Å²) < 4.78 is 25.4. The van der Waals surface area contributed by atoms with Crippen LogP contribution in [0.3, 0.4) is 0 Å². The minimum Gasteiger partial charge on any atom is -0.489 e. The summed E-state index contributed by atoms with van der Waals surface area (Å²) in [7, 11) is 0. The number of hydrogen-bond donors (Lipinski definition) is 0. The van der Waals surface area contributed by atoms with E-state index in [0.29, 0.717) is 19.8 Å². The molecule has 0 N–H and O–H groups in total. The molecule has 6 aromatic carbocycles. The van der Waals surface area contributed by atoms with E-state index in [1.807, 2.05) is 72.8 Å². The fourth-order valence-corrected chi connectivity index (χ4v) is 6.55. The highest BCUT2D eigenvalue weighted by molar-refractivity contribution is 5.46. The summed E-state index contributed by atoms with van der Waals surface area (Å²) in [5.41, 5.74) is 9.32. The number of allylic oxidation sites excluding steroid dienone is 5. The summed E-state index contributed by atoms with van der Waals surface area (Å²) in [6.07, 6.45) is 13.9. The maximum Gasteiger partial charge on any atom is 0.130 e. The van der Waals surface area contributed by atoms with E-state index in [1.165, 1.54) is 22.3 Å².